The van der Waals surface area contributed by atoms with Crippen LogP contribution in [0.15, 0.2) is 42.5 Å². The summed E-state index contributed by atoms with van der Waals surface area (Å²) in [6.45, 7) is 1.97. The van der Waals surface area contributed by atoms with E-state index in [1.165, 1.54) is 0 Å². The van der Waals surface area contributed by atoms with Crippen molar-refractivity contribution in [2.75, 3.05) is 7.11 Å². The first-order valence-corrected chi connectivity index (χ1v) is 6.19. The van der Waals surface area contributed by atoms with Gasteiger partial charge in [-0.25, -0.2) is 0 Å². The molecule has 0 spiro atoms. The first-order valence-electron chi connectivity index (χ1n) is 5.81. The fourth-order valence-corrected chi connectivity index (χ4v) is 2.03. The van der Waals surface area contributed by atoms with Gasteiger partial charge in [0.15, 0.2) is 0 Å². The largest absolute Gasteiger partial charge is 0.496 e. The molecule has 0 aliphatic carbocycles. The highest BCUT2D eigenvalue weighted by molar-refractivity contribution is 6.30. The Morgan fingerprint density at radius 1 is 1.11 bits per heavy atom. The smallest absolute Gasteiger partial charge is 0.128 e. The van der Waals surface area contributed by atoms with Crippen LogP contribution in [-0.4, -0.2) is 7.11 Å². The quantitative estimate of drug-likeness (QED) is 0.908. The molecule has 2 nitrogen and oxygen atoms in total. The molecule has 0 aromatic heterocycles. The number of benzene rings is 2. The van der Waals surface area contributed by atoms with Crippen molar-refractivity contribution in [2.24, 2.45) is 5.73 Å². The van der Waals surface area contributed by atoms with Gasteiger partial charge in [0.1, 0.15) is 5.75 Å². The lowest BCUT2D eigenvalue weighted by Crippen LogP contribution is -2.04. The minimum atomic E-state index is 0. The van der Waals surface area contributed by atoms with Gasteiger partial charge in [0.25, 0.3) is 0 Å². The highest BCUT2D eigenvalue weighted by Gasteiger charge is 2.07. The number of rotatable bonds is 3. The van der Waals surface area contributed by atoms with E-state index >= 15 is 0 Å². The molecule has 102 valence electrons. The predicted molar refractivity (Wildman–Crippen MR) is 83.3 cm³/mol. The number of hydrogen-bond acceptors (Lipinski definition) is 2. The van der Waals surface area contributed by atoms with Crippen molar-refractivity contribution in [2.45, 2.75) is 13.0 Å². The van der Waals surface area contributed by atoms with Crippen LogP contribution in [0.1, 0.15) is 18.5 Å². The summed E-state index contributed by atoms with van der Waals surface area (Å²) < 4.78 is 5.35. The van der Waals surface area contributed by atoms with Crippen LogP contribution in [0.25, 0.3) is 11.1 Å². The van der Waals surface area contributed by atoms with Crippen molar-refractivity contribution in [3.63, 3.8) is 0 Å². The van der Waals surface area contributed by atoms with Crippen molar-refractivity contribution < 1.29 is 4.74 Å². The van der Waals surface area contributed by atoms with Crippen molar-refractivity contribution in [3.05, 3.63) is 53.1 Å². The van der Waals surface area contributed by atoms with E-state index in [0.29, 0.717) is 5.02 Å². The normalized spacial score (nSPS) is 11.6. The standard InChI is InChI=1S/C15H16ClNO.ClH/c1-10(17)11-3-5-12(6-4-11)14-8-7-13(16)9-15(14)18-2;/h3-10H,17H2,1-2H3;1H. The molecule has 0 radical (unpaired) electrons. The number of nitrogens with two attached hydrogens (primary N) is 1. The Hall–Kier alpha value is -1.22. The summed E-state index contributed by atoms with van der Waals surface area (Å²) in [5.41, 5.74) is 9.07. The van der Waals surface area contributed by atoms with E-state index in [1.807, 2.05) is 49.4 Å². The molecule has 0 saturated carbocycles. The molecule has 0 saturated heterocycles. The maximum atomic E-state index is 5.95. The van der Waals surface area contributed by atoms with Gasteiger partial charge in [0, 0.05) is 16.6 Å². The van der Waals surface area contributed by atoms with E-state index in [0.717, 1.165) is 22.4 Å². The summed E-state index contributed by atoms with van der Waals surface area (Å²) in [6.07, 6.45) is 0. The van der Waals surface area contributed by atoms with E-state index in [9.17, 15) is 0 Å². The molecule has 2 rings (SSSR count). The van der Waals surface area contributed by atoms with Crippen molar-refractivity contribution in [1.82, 2.24) is 0 Å². The number of ether oxygens (including phenoxy) is 1. The zero-order valence-corrected chi connectivity index (χ0v) is 12.5. The number of hydrogen-bond donors (Lipinski definition) is 1. The molecule has 2 aromatic rings. The lowest BCUT2D eigenvalue weighted by Gasteiger charge is -2.11. The Labute approximate surface area is 124 Å². The van der Waals surface area contributed by atoms with E-state index < -0.39 is 0 Å². The van der Waals surface area contributed by atoms with Gasteiger partial charge >= 0.3 is 0 Å². The average molecular weight is 298 g/mol. The molecule has 0 aliphatic heterocycles. The summed E-state index contributed by atoms with van der Waals surface area (Å²) >= 11 is 5.95. The third-order valence-corrected chi connectivity index (χ3v) is 3.15. The molecule has 19 heavy (non-hydrogen) atoms. The molecule has 1 atom stereocenters. The van der Waals surface area contributed by atoms with Crippen molar-refractivity contribution in [3.8, 4) is 16.9 Å². The van der Waals surface area contributed by atoms with Crippen LogP contribution in [0.3, 0.4) is 0 Å². The second-order valence-electron chi connectivity index (χ2n) is 4.26. The Morgan fingerprint density at radius 3 is 2.26 bits per heavy atom. The molecular formula is C15H17Cl2NO. The van der Waals surface area contributed by atoms with E-state index in [4.69, 9.17) is 22.1 Å². The lowest BCUT2D eigenvalue weighted by atomic mass is 10.0. The molecule has 0 heterocycles. The van der Waals surface area contributed by atoms with Gasteiger partial charge in [-0.2, -0.15) is 0 Å². The minimum absolute atomic E-state index is 0. The van der Waals surface area contributed by atoms with Gasteiger partial charge in [0.2, 0.25) is 0 Å². The molecular weight excluding hydrogens is 281 g/mol. The van der Waals surface area contributed by atoms with Crippen LogP contribution in [0.2, 0.25) is 5.02 Å². The summed E-state index contributed by atoms with van der Waals surface area (Å²) in [6, 6.07) is 13.8. The number of halogens is 2. The zero-order valence-electron chi connectivity index (χ0n) is 10.9. The van der Waals surface area contributed by atoms with Crippen LogP contribution in [0.4, 0.5) is 0 Å². The molecule has 2 aromatic carbocycles. The van der Waals surface area contributed by atoms with Gasteiger partial charge in [-0.15, -0.1) is 12.4 Å². The minimum Gasteiger partial charge on any atom is -0.496 e. The van der Waals surface area contributed by atoms with Crippen molar-refractivity contribution in [1.29, 1.82) is 0 Å². The van der Waals surface area contributed by atoms with Crippen LogP contribution < -0.4 is 10.5 Å². The Morgan fingerprint density at radius 2 is 1.74 bits per heavy atom. The third kappa shape index (κ3) is 3.63. The lowest BCUT2D eigenvalue weighted by molar-refractivity contribution is 0.416. The summed E-state index contributed by atoms with van der Waals surface area (Å²) in [4.78, 5) is 0. The van der Waals surface area contributed by atoms with Gasteiger partial charge in [-0.3, -0.25) is 0 Å². The zero-order chi connectivity index (χ0) is 13.1. The van der Waals surface area contributed by atoms with Crippen LogP contribution in [-0.2, 0) is 0 Å². The summed E-state index contributed by atoms with van der Waals surface area (Å²) in [5, 5.41) is 0.669. The van der Waals surface area contributed by atoms with E-state index in [1.54, 1.807) is 7.11 Å². The summed E-state index contributed by atoms with van der Waals surface area (Å²) in [5.74, 6) is 0.774. The van der Waals surface area contributed by atoms with E-state index in [2.05, 4.69) is 0 Å². The molecule has 0 aliphatic rings. The highest BCUT2D eigenvalue weighted by Crippen LogP contribution is 2.32. The molecule has 1 unspecified atom stereocenters. The molecule has 0 amide bonds. The second-order valence-corrected chi connectivity index (χ2v) is 4.69. The maximum absolute atomic E-state index is 5.95. The Bertz CT molecular complexity index is 538. The molecule has 0 fully saturated rings. The average Bonchev–Trinajstić information content (AvgIpc) is 2.38. The fourth-order valence-electron chi connectivity index (χ4n) is 1.87. The van der Waals surface area contributed by atoms with E-state index in [-0.39, 0.29) is 18.4 Å². The SMILES string of the molecule is COc1cc(Cl)ccc1-c1ccc(C(C)N)cc1.Cl. The molecule has 2 N–H and O–H groups in total. The molecule has 0 bridgehead atoms. The third-order valence-electron chi connectivity index (χ3n) is 2.91. The Balaban J connectivity index is 0.00000180. The summed E-state index contributed by atoms with van der Waals surface area (Å²) in [7, 11) is 1.64. The monoisotopic (exact) mass is 297 g/mol. The Kier molecular flexibility index (Phi) is 5.67. The highest BCUT2D eigenvalue weighted by atomic mass is 35.5. The van der Waals surface area contributed by atoms with Gasteiger partial charge in [0.05, 0.1) is 7.11 Å². The topological polar surface area (TPSA) is 35.2 Å². The van der Waals surface area contributed by atoms with Crippen LogP contribution >= 0.6 is 24.0 Å². The fraction of sp³-hybridized carbons (Fsp3) is 0.200. The first-order chi connectivity index (χ1) is 8.61. The molecule has 4 heteroatoms. The van der Waals surface area contributed by atoms with Gasteiger partial charge in [-0.1, -0.05) is 35.9 Å². The van der Waals surface area contributed by atoms with Crippen molar-refractivity contribution >= 4 is 24.0 Å². The van der Waals surface area contributed by atoms with Crippen LogP contribution in [0, 0.1) is 0 Å². The van der Waals surface area contributed by atoms with Gasteiger partial charge < -0.3 is 10.5 Å². The van der Waals surface area contributed by atoms with Gasteiger partial charge in [-0.05, 0) is 36.2 Å². The maximum Gasteiger partial charge on any atom is 0.128 e. The predicted octanol–water partition coefficient (Wildman–Crippen LogP) is 4.46. The van der Waals surface area contributed by atoms with Crippen LogP contribution in [0.5, 0.6) is 5.75 Å². The number of methoxy groups -OCH3 is 1. The second kappa shape index (κ2) is 6.80. The first kappa shape index (κ1) is 15.8.